The second-order valence-corrected chi connectivity index (χ2v) is 7.67. The minimum absolute atomic E-state index is 0.0236. The van der Waals surface area contributed by atoms with Gasteiger partial charge in [-0.2, -0.15) is 0 Å². The quantitative estimate of drug-likeness (QED) is 0.665. The number of carbonyl (C=O) groups excluding carboxylic acids is 1. The third-order valence-corrected chi connectivity index (χ3v) is 6.07. The van der Waals surface area contributed by atoms with E-state index in [4.69, 9.17) is 23.2 Å². The van der Waals surface area contributed by atoms with Crippen LogP contribution in [0.2, 0.25) is 0 Å². The van der Waals surface area contributed by atoms with Crippen molar-refractivity contribution in [1.82, 2.24) is 0 Å². The van der Waals surface area contributed by atoms with Crippen molar-refractivity contribution in [2.75, 3.05) is 4.90 Å². The third kappa shape index (κ3) is 1.32. The number of carbonyl (C=O) groups is 1. The normalized spacial score (nSPS) is 33.4. The number of hydrogen-bond donors (Lipinski definition) is 0. The van der Waals surface area contributed by atoms with Gasteiger partial charge in [-0.1, -0.05) is 25.1 Å². The molecule has 1 aromatic rings. The molecule has 1 aliphatic carbocycles. The molecule has 4 heteroatoms. The van der Waals surface area contributed by atoms with Gasteiger partial charge >= 0.3 is 0 Å². The fourth-order valence-corrected chi connectivity index (χ4v) is 5.42. The van der Waals surface area contributed by atoms with E-state index in [1.54, 1.807) is 6.92 Å². The third-order valence-electron chi connectivity index (χ3n) is 4.85. The molecule has 0 spiro atoms. The molecular weight excluding hydrogens is 281 g/mol. The number of halogens is 2. The summed E-state index contributed by atoms with van der Waals surface area (Å²) in [4.78, 5) is 13.9. The highest BCUT2D eigenvalue weighted by Crippen LogP contribution is 2.76. The van der Waals surface area contributed by atoms with Gasteiger partial charge in [-0.15, -0.1) is 23.2 Å². The molecule has 0 radical (unpaired) electrons. The lowest BCUT2D eigenvalue weighted by molar-refractivity contribution is -0.117. The van der Waals surface area contributed by atoms with Gasteiger partial charge in [0, 0.05) is 29.5 Å². The van der Waals surface area contributed by atoms with Crippen LogP contribution in [0.3, 0.4) is 0 Å². The molecule has 1 amide bonds. The zero-order valence-corrected chi connectivity index (χ0v) is 13.0. The van der Waals surface area contributed by atoms with E-state index in [-0.39, 0.29) is 17.2 Å². The van der Waals surface area contributed by atoms with Crippen molar-refractivity contribution in [3.63, 3.8) is 0 Å². The molecular formula is C15H17Cl2NO. The van der Waals surface area contributed by atoms with Crippen LogP contribution in [0.5, 0.6) is 0 Å². The number of benzene rings is 1. The predicted octanol–water partition coefficient (Wildman–Crippen LogP) is 3.89. The fourth-order valence-electron chi connectivity index (χ4n) is 4.14. The average molecular weight is 298 g/mol. The highest BCUT2D eigenvalue weighted by Gasteiger charge is 2.81. The Morgan fingerprint density at radius 1 is 1.21 bits per heavy atom. The zero-order chi connectivity index (χ0) is 14.2. The summed E-state index contributed by atoms with van der Waals surface area (Å²) in [6, 6.07) is 7.92. The van der Waals surface area contributed by atoms with E-state index in [1.165, 1.54) is 0 Å². The van der Waals surface area contributed by atoms with Gasteiger partial charge in [0.1, 0.15) is 4.33 Å². The van der Waals surface area contributed by atoms with E-state index >= 15 is 0 Å². The number of hydrogen-bond acceptors (Lipinski definition) is 1. The maximum atomic E-state index is 12.1. The second-order valence-electron chi connectivity index (χ2n) is 6.28. The van der Waals surface area contributed by atoms with Gasteiger partial charge in [0.05, 0.1) is 0 Å². The van der Waals surface area contributed by atoms with Crippen LogP contribution in [0.4, 0.5) is 5.69 Å². The summed E-state index contributed by atoms with van der Waals surface area (Å²) in [5, 5.41) is 0. The molecule has 1 aliphatic heterocycles. The Labute approximate surface area is 123 Å². The minimum atomic E-state index is -0.823. The lowest BCUT2D eigenvalue weighted by Gasteiger charge is -2.44. The smallest absolute Gasteiger partial charge is 0.224 e. The molecule has 0 saturated heterocycles. The molecule has 1 saturated carbocycles. The standard InChI is InChI=1S/C15H17Cl2NO/c1-9(19)18-11-8-6-5-7-10(11)14(4)12(13(18,2)3)15(14,16)17/h5-8,12H,1-4H3/t12-,14+/m0/s1. The molecule has 0 N–H and O–H groups in total. The number of alkyl halides is 2. The van der Waals surface area contributed by atoms with Crippen molar-refractivity contribution in [1.29, 1.82) is 0 Å². The van der Waals surface area contributed by atoms with E-state index in [0.717, 1.165) is 11.3 Å². The first-order valence-corrected chi connectivity index (χ1v) is 7.20. The van der Waals surface area contributed by atoms with Crippen LogP contribution in [0, 0.1) is 5.92 Å². The van der Waals surface area contributed by atoms with Gasteiger partial charge < -0.3 is 4.90 Å². The zero-order valence-electron chi connectivity index (χ0n) is 11.5. The summed E-state index contributed by atoms with van der Waals surface area (Å²) in [7, 11) is 0. The van der Waals surface area contributed by atoms with Crippen LogP contribution in [-0.4, -0.2) is 15.8 Å². The Hall–Kier alpha value is -0.730. The summed E-state index contributed by atoms with van der Waals surface area (Å²) in [6.07, 6.45) is 0. The van der Waals surface area contributed by atoms with Gasteiger partial charge in [-0.25, -0.2) is 0 Å². The van der Waals surface area contributed by atoms with E-state index in [0.29, 0.717) is 0 Å². The molecule has 0 aromatic heterocycles. The van der Waals surface area contributed by atoms with Crippen LogP contribution < -0.4 is 4.90 Å². The Morgan fingerprint density at radius 2 is 1.79 bits per heavy atom. The monoisotopic (exact) mass is 297 g/mol. The van der Waals surface area contributed by atoms with Crippen LogP contribution >= 0.6 is 23.2 Å². The summed E-state index contributed by atoms with van der Waals surface area (Å²) >= 11 is 13.1. The first-order valence-electron chi connectivity index (χ1n) is 6.45. The number of fused-ring (bicyclic) bond motifs is 3. The van der Waals surface area contributed by atoms with E-state index in [2.05, 4.69) is 6.92 Å². The SMILES string of the molecule is CC(=O)N1c2ccccc2[C@]2(C)[C@H](C1(C)C)C2(Cl)Cl. The van der Waals surface area contributed by atoms with Crippen LogP contribution in [-0.2, 0) is 10.2 Å². The number of amides is 1. The summed E-state index contributed by atoms with van der Waals surface area (Å²) in [6.45, 7) is 7.77. The first kappa shape index (κ1) is 13.3. The Morgan fingerprint density at radius 3 is 2.37 bits per heavy atom. The van der Waals surface area contributed by atoms with E-state index < -0.39 is 9.87 Å². The van der Waals surface area contributed by atoms with Crippen molar-refractivity contribution in [3.8, 4) is 0 Å². The number of rotatable bonds is 0. The maximum Gasteiger partial charge on any atom is 0.224 e. The molecule has 0 unspecified atom stereocenters. The predicted molar refractivity (Wildman–Crippen MR) is 79.0 cm³/mol. The molecule has 0 bridgehead atoms. The molecule has 1 aromatic carbocycles. The van der Waals surface area contributed by atoms with Gasteiger partial charge in [0.2, 0.25) is 5.91 Å². The molecule has 1 heterocycles. The van der Waals surface area contributed by atoms with E-state index in [9.17, 15) is 4.79 Å². The highest BCUT2D eigenvalue weighted by atomic mass is 35.5. The molecule has 102 valence electrons. The van der Waals surface area contributed by atoms with Gasteiger partial charge in [0.15, 0.2) is 0 Å². The molecule has 3 rings (SSSR count). The van der Waals surface area contributed by atoms with Crippen molar-refractivity contribution in [2.45, 2.75) is 43.0 Å². The molecule has 1 fully saturated rings. The largest absolute Gasteiger partial charge is 0.306 e. The van der Waals surface area contributed by atoms with Crippen molar-refractivity contribution in [3.05, 3.63) is 29.8 Å². The number of nitrogens with zero attached hydrogens (tertiary/aromatic N) is 1. The molecule has 19 heavy (non-hydrogen) atoms. The van der Waals surface area contributed by atoms with Crippen molar-refractivity contribution >= 4 is 34.8 Å². The number of para-hydroxylation sites is 1. The summed E-state index contributed by atoms with van der Waals surface area (Å²) in [5.41, 5.74) is 1.32. The van der Waals surface area contributed by atoms with Crippen LogP contribution in [0.1, 0.15) is 33.3 Å². The van der Waals surface area contributed by atoms with Crippen molar-refractivity contribution < 1.29 is 4.79 Å². The van der Waals surface area contributed by atoms with Crippen LogP contribution in [0.25, 0.3) is 0 Å². The Bertz CT molecular complexity index is 581. The van der Waals surface area contributed by atoms with Gasteiger partial charge in [-0.05, 0) is 25.5 Å². The van der Waals surface area contributed by atoms with Crippen LogP contribution in [0.15, 0.2) is 24.3 Å². The highest BCUT2D eigenvalue weighted by molar-refractivity contribution is 6.53. The Kier molecular flexibility index (Phi) is 2.43. The summed E-state index contributed by atoms with van der Waals surface area (Å²) in [5.74, 6) is 0.0603. The lowest BCUT2D eigenvalue weighted by atomic mass is 9.80. The van der Waals surface area contributed by atoms with Gasteiger partial charge in [0.25, 0.3) is 0 Å². The van der Waals surface area contributed by atoms with E-state index in [1.807, 2.05) is 43.0 Å². The second kappa shape index (κ2) is 3.48. The Balaban J connectivity index is 2.31. The van der Waals surface area contributed by atoms with Crippen molar-refractivity contribution in [2.24, 2.45) is 5.92 Å². The maximum absolute atomic E-state index is 12.1. The molecule has 2 aliphatic rings. The number of anilines is 1. The molecule has 2 atom stereocenters. The van der Waals surface area contributed by atoms with Gasteiger partial charge in [-0.3, -0.25) is 4.79 Å². The molecule has 2 nitrogen and oxygen atoms in total. The average Bonchev–Trinajstić information content (AvgIpc) is 2.74. The minimum Gasteiger partial charge on any atom is -0.306 e. The topological polar surface area (TPSA) is 20.3 Å². The first-order chi connectivity index (χ1) is 8.66. The lowest BCUT2D eigenvalue weighted by Crippen LogP contribution is -2.53. The fraction of sp³-hybridized carbons (Fsp3) is 0.533. The summed E-state index contributed by atoms with van der Waals surface area (Å²) < 4.78 is -0.823.